The van der Waals surface area contributed by atoms with Crippen LogP contribution < -0.4 is 4.74 Å². The van der Waals surface area contributed by atoms with E-state index in [0.29, 0.717) is 12.2 Å². The van der Waals surface area contributed by atoms with Gasteiger partial charge in [0.25, 0.3) is 0 Å². The van der Waals surface area contributed by atoms with Crippen molar-refractivity contribution in [3.63, 3.8) is 0 Å². The Morgan fingerprint density at radius 1 is 1.40 bits per heavy atom. The summed E-state index contributed by atoms with van der Waals surface area (Å²) >= 11 is 2.32. The Bertz CT molecular complexity index is 450. The zero-order valence-electron chi connectivity index (χ0n) is 8.07. The molecule has 0 saturated heterocycles. The third kappa shape index (κ3) is 2.37. The number of ether oxygens (including phenoxy) is 1. The predicted molar refractivity (Wildman–Crippen MR) is 66.9 cm³/mol. The van der Waals surface area contributed by atoms with Gasteiger partial charge in [0.1, 0.15) is 17.6 Å². The molecule has 15 heavy (non-hydrogen) atoms. The lowest BCUT2D eigenvalue weighted by atomic mass is 10.2. The molecule has 2 aromatic rings. The lowest BCUT2D eigenvalue weighted by Gasteiger charge is -2.03. The number of fused-ring (bicyclic) bond motifs is 1. The molecule has 4 heteroatoms. The number of halogens is 1. The van der Waals surface area contributed by atoms with Gasteiger partial charge in [-0.1, -0.05) is 22.6 Å². The molecule has 2 rings (SSSR count). The third-order valence-corrected chi connectivity index (χ3v) is 2.84. The fraction of sp³-hybridized carbons (Fsp3) is 0.273. The van der Waals surface area contributed by atoms with Gasteiger partial charge in [-0.2, -0.15) is 0 Å². The molecule has 1 aromatic carbocycles. The average molecular weight is 318 g/mol. The van der Waals surface area contributed by atoms with Crippen molar-refractivity contribution < 1.29 is 14.3 Å². The number of furan rings is 1. The van der Waals surface area contributed by atoms with Crippen molar-refractivity contribution in [1.29, 1.82) is 0 Å². The molecule has 0 unspecified atom stereocenters. The predicted octanol–water partition coefficient (Wildman–Crippen LogP) is 3.34. The average Bonchev–Trinajstić information content (AvgIpc) is 2.61. The summed E-state index contributed by atoms with van der Waals surface area (Å²) in [5.41, 5.74) is 0.652. The molecule has 0 spiro atoms. The zero-order chi connectivity index (χ0) is 10.7. The summed E-state index contributed by atoms with van der Waals surface area (Å²) in [7, 11) is 0. The number of benzene rings is 1. The molecule has 0 aliphatic carbocycles. The Morgan fingerprint density at radius 2 is 2.27 bits per heavy atom. The molecule has 0 aliphatic heterocycles. The molecule has 3 nitrogen and oxygen atoms in total. The number of aromatic hydroxyl groups is 1. The van der Waals surface area contributed by atoms with Gasteiger partial charge in [0.2, 0.25) is 0 Å². The summed E-state index contributed by atoms with van der Waals surface area (Å²) in [4.78, 5) is 0. The fourth-order valence-corrected chi connectivity index (χ4v) is 1.64. The first-order valence-electron chi connectivity index (χ1n) is 4.70. The standard InChI is InChI=1S/C11H11IO3/c12-4-1-5-14-8-2-3-9-10(13)7-15-11(9)6-8/h2-3,6-7,13H,1,4-5H2. The first-order chi connectivity index (χ1) is 7.31. The van der Waals surface area contributed by atoms with Crippen molar-refractivity contribution in [1.82, 2.24) is 0 Å². The Hall–Kier alpha value is -0.910. The Morgan fingerprint density at radius 3 is 3.07 bits per heavy atom. The smallest absolute Gasteiger partial charge is 0.161 e. The Labute approximate surface area is 101 Å². The van der Waals surface area contributed by atoms with Crippen LogP contribution in [0.25, 0.3) is 11.0 Å². The van der Waals surface area contributed by atoms with Gasteiger partial charge in [0.15, 0.2) is 5.75 Å². The number of alkyl halides is 1. The van der Waals surface area contributed by atoms with Crippen LogP contribution in [0.4, 0.5) is 0 Å². The molecular formula is C11H11IO3. The minimum atomic E-state index is 0.170. The lowest BCUT2D eigenvalue weighted by Crippen LogP contribution is -1.96. The van der Waals surface area contributed by atoms with Crippen LogP contribution in [0.15, 0.2) is 28.9 Å². The monoisotopic (exact) mass is 318 g/mol. The highest BCUT2D eigenvalue weighted by Crippen LogP contribution is 2.29. The molecule has 0 radical (unpaired) electrons. The molecule has 0 fully saturated rings. The van der Waals surface area contributed by atoms with Crippen LogP contribution in [0.1, 0.15) is 6.42 Å². The van der Waals surface area contributed by atoms with Gasteiger partial charge in [-0.05, 0) is 18.6 Å². The summed E-state index contributed by atoms with van der Waals surface area (Å²) in [6, 6.07) is 5.43. The summed E-state index contributed by atoms with van der Waals surface area (Å²) in [5, 5.41) is 10.1. The highest BCUT2D eigenvalue weighted by Gasteiger charge is 2.05. The van der Waals surface area contributed by atoms with Crippen LogP contribution in [0.5, 0.6) is 11.5 Å². The van der Waals surface area contributed by atoms with E-state index in [1.54, 1.807) is 12.1 Å². The highest BCUT2D eigenvalue weighted by atomic mass is 127. The molecule has 0 bridgehead atoms. The molecule has 1 heterocycles. The minimum absolute atomic E-state index is 0.170. The highest BCUT2D eigenvalue weighted by molar-refractivity contribution is 14.1. The van der Waals surface area contributed by atoms with E-state index in [-0.39, 0.29) is 5.75 Å². The first kappa shape index (κ1) is 10.6. The zero-order valence-corrected chi connectivity index (χ0v) is 10.2. The van der Waals surface area contributed by atoms with Gasteiger partial charge in [0, 0.05) is 10.5 Å². The second-order valence-corrected chi connectivity index (χ2v) is 4.25. The van der Waals surface area contributed by atoms with Crippen molar-refractivity contribution in [2.75, 3.05) is 11.0 Å². The van der Waals surface area contributed by atoms with Gasteiger partial charge in [0.05, 0.1) is 12.0 Å². The van der Waals surface area contributed by atoms with Crippen LogP contribution >= 0.6 is 22.6 Å². The van der Waals surface area contributed by atoms with Crippen molar-refractivity contribution in [2.45, 2.75) is 6.42 Å². The van der Waals surface area contributed by atoms with Crippen LogP contribution in [-0.2, 0) is 0 Å². The molecule has 1 aromatic heterocycles. The van der Waals surface area contributed by atoms with Gasteiger partial charge in [-0.15, -0.1) is 0 Å². The van der Waals surface area contributed by atoms with E-state index in [1.165, 1.54) is 6.26 Å². The van der Waals surface area contributed by atoms with E-state index in [0.717, 1.165) is 22.0 Å². The normalized spacial score (nSPS) is 10.7. The Kier molecular flexibility index (Phi) is 3.35. The van der Waals surface area contributed by atoms with E-state index in [4.69, 9.17) is 9.15 Å². The lowest BCUT2D eigenvalue weighted by molar-refractivity contribution is 0.319. The first-order valence-corrected chi connectivity index (χ1v) is 6.23. The van der Waals surface area contributed by atoms with Crippen LogP contribution in [0.3, 0.4) is 0 Å². The van der Waals surface area contributed by atoms with E-state index in [1.807, 2.05) is 6.07 Å². The van der Waals surface area contributed by atoms with Crippen molar-refractivity contribution >= 4 is 33.6 Å². The summed E-state index contributed by atoms with van der Waals surface area (Å²) in [6.45, 7) is 0.709. The number of hydrogen-bond donors (Lipinski definition) is 1. The van der Waals surface area contributed by atoms with Gasteiger partial charge in [-0.3, -0.25) is 0 Å². The molecule has 80 valence electrons. The van der Waals surface area contributed by atoms with E-state index in [9.17, 15) is 5.11 Å². The van der Waals surface area contributed by atoms with Crippen LogP contribution in [-0.4, -0.2) is 16.1 Å². The molecule has 0 atom stereocenters. The van der Waals surface area contributed by atoms with E-state index < -0.39 is 0 Å². The fourth-order valence-electron chi connectivity index (χ4n) is 1.33. The second kappa shape index (κ2) is 4.74. The molecule has 0 saturated carbocycles. The molecule has 1 N–H and O–H groups in total. The largest absolute Gasteiger partial charge is 0.504 e. The third-order valence-electron chi connectivity index (χ3n) is 2.07. The maximum absolute atomic E-state index is 9.38. The number of rotatable bonds is 4. The van der Waals surface area contributed by atoms with Crippen LogP contribution in [0, 0.1) is 0 Å². The molecular weight excluding hydrogens is 307 g/mol. The van der Waals surface area contributed by atoms with Crippen molar-refractivity contribution in [2.24, 2.45) is 0 Å². The second-order valence-electron chi connectivity index (χ2n) is 3.17. The maximum atomic E-state index is 9.38. The minimum Gasteiger partial charge on any atom is -0.504 e. The molecule has 0 aliphatic rings. The quantitative estimate of drug-likeness (QED) is 0.534. The van der Waals surface area contributed by atoms with Crippen molar-refractivity contribution in [3.05, 3.63) is 24.5 Å². The summed E-state index contributed by atoms with van der Waals surface area (Å²) in [6.07, 6.45) is 2.36. The van der Waals surface area contributed by atoms with E-state index >= 15 is 0 Å². The van der Waals surface area contributed by atoms with E-state index in [2.05, 4.69) is 22.6 Å². The maximum Gasteiger partial charge on any atom is 0.161 e. The summed E-state index contributed by atoms with van der Waals surface area (Å²) < 4.78 is 11.8. The SMILES string of the molecule is Oc1coc2cc(OCCCI)ccc12. The summed E-state index contributed by atoms with van der Waals surface area (Å²) in [5.74, 6) is 0.950. The number of hydrogen-bond acceptors (Lipinski definition) is 3. The van der Waals surface area contributed by atoms with Crippen LogP contribution in [0.2, 0.25) is 0 Å². The van der Waals surface area contributed by atoms with Gasteiger partial charge in [-0.25, -0.2) is 0 Å². The van der Waals surface area contributed by atoms with Crippen molar-refractivity contribution in [3.8, 4) is 11.5 Å². The topological polar surface area (TPSA) is 42.6 Å². The van der Waals surface area contributed by atoms with Gasteiger partial charge < -0.3 is 14.3 Å². The molecule has 0 amide bonds. The Balaban J connectivity index is 2.16. The van der Waals surface area contributed by atoms with Gasteiger partial charge >= 0.3 is 0 Å².